The molecular weight excluding hydrogens is 260 g/mol. The first-order valence-corrected chi connectivity index (χ1v) is 7.56. The first-order chi connectivity index (χ1) is 10.2. The van der Waals surface area contributed by atoms with Crippen LogP contribution in [-0.2, 0) is 17.6 Å². The summed E-state index contributed by atoms with van der Waals surface area (Å²) in [7, 11) is 0. The van der Waals surface area contributed by atoms with Gasteiger partial charge in [-0.15, -0.1) is 0 Å². The molecule has 2 aromatic rings. The fourth-order valence-corrected chi connectivity index (χ4v) is 2.66. The topological polar surface area (TPSA) is 37.3 Å². The summed E-state index contributed by atoms with van der Waals surface area (Å²) in [5.41, 5.74) is 3.44. The minimum Gasteiger partial charge on any atom is -0.481 e. The summed E-state index contributed by atoms with van der Waals surface area (Å²) >= 11 is 0. The van der Waals surface area contributed by atoms with Crippen LogP contribution in [0.2, 0.25) is 0 Å². The van der Waals surface area contributed by atoms with Crippen molar-refractivity contribution in [3.05, 3.63) is 71.3 Å². The lowest BCUT2D eigenvalue weighted by molar-refractivity contribution is -0.138. The summed E-state index contributed by atoms with van der Waals surface area (Å²) in [6.07, 6.45) is 3.64. The van der Waals surface area contributed by atoms with E-state index in [2.05, 4.69) is 31.2 Å². The molecule has 2 nitrogen and oxygen atoms in total. The molecule has 2 rings (SSSR count). The van der Waals surface area contributed by atoms with Crippen molar-refractivity contribution in [2.45, 2.75) is 38.5 Å². The molecule has 2 aromatic carbocycles. The number of aliphatic carboxylic acids is 1. The van der Waals surface area contributed by atoms with Gasteiger partial charge in [-0.3, -0.25) is 4.79 Å². The van der Waals surface area contributed by atoms with Gasteiger partial charge in [0.25, 0.3) is 0 Å². The van der Waals surface area contributed by atoms with Gasteiger partial charge in [0.1, 0.15) is 0 Å². The molecule has 21 heavy (non-hydrogen) atoms. The van der Waals surface area contributed by atoms with Crippen LogP contribution in [0.5, 0.6) is 0 Å². The van der Waals surface area contributed by atoms with E-state index in [9.17, 15) is 9.90 Å². The summed E-state index contributed by atoms with van der Waals surface area (Å²) < 4.78 is 0. The van der Waals surface area contributed by atoms with Crippen LogP contribution in [0.3, 0.4) is 0 Å². The van der Waals surface area contributed by atoms with Crippen molar-refractivity contribution in [2.24, 2.45) is 0 Å². The summed E-state index contributed by atoms with van der Waals surface area (Å²) in [5.74, 6) is -1.17. The maximum Gasteiger partial charge on any atom is 0.310 e. The first kappa shape index (κ1) is 15.3. The van der Waals surface area contributed by atoms with Crippen LogP contribution in [0.25, 0.3) is 0 Å². The number of benzene rings is 2. The Morgan fingerprint density at radius 1 is 1.00 bits per heavy atom. The third-order valence-electron chi connectivity index (χ3n) is 3.75. The molecule has 110 valence electrons. The van der Waals surface area contributed by atoms with E-state index < -0.39 is 11.9 Å². The van der Waals surface area contributed by atoms with Crippen LogP contribution < -0.4 is 0 Å². The fourth-order valence-electron chi connectivity index (χ4n) is 2.66. The Bertz CT molecular complexity index is 575. The van der Waals surface area contributed by atoms with Crippen LogP contribution in [-0.4, -0.2) is 11.1 Å². The lowest BCUT2D eigenvalue weighted by Crippen LogP contribution is -2.12. The lowest BCUT2D eigenvalue weighted by Gasteiger charge is -2.13. The Morgan fingerprint density at radius 2 is 1.67 bits per heavy atom. The van der Waals surface area contributed by atoms with Gasteiger partial charge in [-0.2, -0.15) is 0 Å². The molecule has 0 aliphatic rings. The molecule has 0 saturated carbocycles. The molecule has 0 aliphatic heterocycles. The van der Waals surface area contributed by atoms with Crippen LogP contribution in [0.4, 0.5) is 0 Å². The van der Waals surface area contributed by atoms with Crippen molar-refractivity contribution in [3.63, 3.8) is 0 Å². The van der Waals surface area contributed by atoms with E-state index in [1.54, 1.807) is 0 Å². The van der Waals surface area contributed by atoms with Gasteiger partial charge in [-0.25, -0.2) is 0 Å². The van der Waals surface area contributed by atoms with Gasteiger partial charge in [-0.05, 0) is 36.0 Å². The Labute approximate surface area is 126 Å². The maximum absolute atomic E-state index is 11.5. The fraction of sp³-hybridized carbons (Fsp3) is 0.316. The third-order valence-corrected chi connectivity index (χ3v) is 3.75. The van der Waals surface area contributed by atoms with Crippen LogP contribution >= 0.6 is 0 Å². The average molecular weight is 282 g/mol. The molecule has 0 heterocycles. The quantitative estimate of drug-likeness (QED) is 0.815. The zero-order valence-corrected chi connectivity index (χ0v) is 12.5. The molecule has 0 spiro atoms. The Kier molecular flexibility index (Phi) is 5.56. The van der Waals surface area contributed by atoms with E-state index in [1.807, 2.05) is 30.3 Å². The largest absolute Gasteiger partial charge is 0.481 e. The normalized spacial score (nSPS) is 12.0. The molecule has 0 bridgehead atoms. The highest BCUT2D eigenvalue weighted by Gasteiger charge is 2.19. The summed E-state index contributed by atoms with van der Waals surface area (Å²) in [6, 6.07) is 18.0. The van der Waals surface area contributed by atoms with Gasteiger partial charge in [0.15, 0.2) is 0 Å². The average Bonchev–Trinajstić information content (AvgIpc) is 2.49. The van der Waals surface area contributed by atoms with Gasteiger partial charge in [0, 0.05) is 0 Å². The highest BCUT2D eigenvalue weighted by atomic mass is 16.4. The van der Waals surface area contributed by atoms with Crippen LogP contribution in [0, 0.1) is 0 Å². The highest BCUT2D eigenvalue weighted by Crippen LogP contribution is 2.22. The number of hydrogen-bond donors (Lipinski definition) is 1. The van der Waals surface area contributed by atoms with E-state index in [0.29, 0.717) is 6.42 Å². The second kappa shape index (κ2) is 7.63. The standard InChI is InChI=1S/C19H22O2/c1-2-7-15-8-6-9-16(14-15)12-13-18(19(20)21)17-10-4-3-5-11-17/h3-6,8-11,14,18H,2,7,12-13H2,1H3,(H,20,21)/t18-/m0/s1. The lowest BCUT2D eigenvalue weighted by atomic mass is 9.92. The highest BCUT2D eigenvalue weighted by molar-refractivity contribution is 5.76. The summed E-state index contributed by atoms with van der Waals surface area (Å²) in [5, 5.41) is 9.44. The molecule has 0 radical (unpaired) electrons. The van der Waals surface area contributed by atoms with E-state index in [-0.39, 0.29) is 0 Å². The van der Waals surface area contributed by atoms with Crippen LogP contribution in [0.15, 0.2) is 54.6 Å². The summed E-state index contributed by atoms with van der Waals surface area (Å²) in [4.78, 5) is 11.5. The van der Waals surface area contributed by atoms with E-state index in [4.69, 9.17) is 0 Å². The minimum atomic E-state index is -0.745. The van der Waals surface area contributed by atoms with E-state index in [1.165, 1.54) is 11.1 Å². The summed E-state index contributed by atoms with van der Waals surface area (Å²) in [6.45, 7) is 2.17. The second-order valence-electron chi connectivity index (χ2n) is 5.41. The van der Waals surface area contributed by atoms with Gasteiger partial charge in [0.2, 0.25) is 0 Å². The van der Waals surface area contributed by atoms with Crippen molar-refractivity contribution in [3.8, 4) is 0 Å². The van der Waals surface area contributed by atoms with Gasteiger partial charge >= 0.3 is 5.97 Å². The second-order valence-corrected chi connectivity index (χ2v) is 5.41. The number of hydrogen-bond acceptors (Lipinski definition) is 1. The number of carboxylic acids is 1. The number of aryl methyl sites for hydroxylation is 2. The monoisotopic (exact) mass is 282 g/mol. The number of carboxylic acid groups (broad SMARTS) is 1. The van der Waals surface area contributed by atoms with Crippen molar-refractivity contribution in [1.82, 2.24) is 0 Å². The van der Waals surface area contributed by atoms with Crippen LogP contribution in [0.1, 0.15) is 42.4 Å². The number of carbonyl (C=O) groups is 1. The molecule has 0 aromatic heterocycles. The molecule has 2 heteroatoms. The molecule has 1 N–H and O–H groups in total. The molecule has 1 atom stereocenters. The van der Waals surface area contributed by atoms with Gasteiger partial charge in [0.05, 0.1) is 5.92 Å². The predicted octanol–water partition coefficient (Wildman–Crippen LogP) is 4.44. The molecular formula is C19H22O2. The van der Waals surface area contributed by atoms with E-state index in [0.717, 1.165) is 24.8 Å². The van der Waals surface area contributed by atoms with Crippen molar-refractivity contribution >= 4 is 5.97 Å². The molecule has 0 fully saturated rings. The van der Waals surface area contributed by atoms with Gasteiger partial charge in [-0.1, -0.05) is 67.9 Å². The Balaban J connectivity index is 2.06. The first-order valence-electron chi connectivity index (χ1n) is 7.56. The van der Waals surface area contributed by atoms with E-state index >= 15 is 0 Å². The molecule has 0 aliphatic carbocycles. The van der Waals surface area contributed by atoms with Crippen molar-refractivity contribution < 1.29 is 9.90 Å². The third kappa shape index (κ3) is 4.45. The molecule has 0 amide bonds. The molecule has 0 unspecified atom stereocenters. The van der Waals surface area contributed by atoms with Gasteiger partial charge < -0.3 is 5.11 Å². The van der Waals surface area contributed by atoms with Crippen molar-refractivity contribution in [1.29, 1.82) is 0 Å². The minimum absolute atomic E-state index is 0.430. The molecule has 0 saturated heterocycles. The number of rotatable bonds is 7. The predicted molar refractivity (Wildman–Crippen MR) is 85.6 cm³/mol. The zero-order chi connectivity index (χ0) is 15.1. The Morgan fingerprint density at radius 3 is 2.29 bits per heavy atom. The zero-order valence-electron chi connectivity index (χ0n) is 12.5. The Hall–Kier alpha value is -2.09. The SMILES string of the molecule is CCCc1cccc(CC[C@H](C(=O)O)c2ccccc2)c1. The van der Waals surface area contributed by atoms with Crippen molar-refractivity contribution in [2.75, 3.05) is 0 Å². The smallest absolute Gasteiger partial charge is 0.310 e. The maximum atomic E-state index is 11.5.